The molecule has 0 aliphatic carbocycles. The number of nitrogens with two attached hydrogens (primary N) is 1. The van der Waals surface area contributed by atoms with Crippen LogP contribution >= 0.6 is 11.8 Å². The normalized spacial score (nSPS) is 9.90. The predicted molar refractivity (Wildman–Crippen MR) is 82.1 cm³/mol. The van der Waals surface area contributed by atoms with Crippen molar-refractivity contribution in [1.29, 1.82) is 5.26 Å². The minimum Gasteiger partial charge on any atom is -0.462 e. The Kier molecular flexibility index (Phi) is 4.85. The highest BCUT2D eigenvalue weighted by Gasteiger charge is 2.14. The highest BCUT2D eigenvalue weighted by molar-refractivity contribution is 7.99. The molecule has 2 rings (SSSR count). The summed E-state index contributed by atoms with van der Waals surface area (Å²) < 4.78 is 5.04. The Bertz CT molecular complexity index is 690. The van der Waals surface area contributed by atoms with E-state index < -0.39 is 5.97 Å². The van der Waals surface area contributed by atoms with Crippen LogP contribution in [-0.2, 0) is 4.74 Å². The van der Waals surface area contributed by atoms with E-state index in [0.29, 0.717) is 23.4 Å². The molecule has 2 N–H and O–H groups in total. The van der Waals surface area contributed by atoms with Crippen LogP contribution in [0.15, 0.2) is 52.3 Å². The van der Waals surface area contributed by atoms with Crippen LogP contribution in [-0.4, -0.2) is 12.6 Å². The monoisotopic (exact) mass is 298 g/mol. The zero-order chi connectivity index (χ0) is 15.2. The number of rotatable bonds is 4. The minimum atomic E-state index is -0.424. The Labute approximate surface area is 127 Å². The predicted octanol–water partition coefficient (Wildman–Crippen LogP) is 3.47. The van der Waals surface area contributed by atoms with Crippen molar-refractivity contribution in [2.75, 3.05) is 12.3 Å². The Hall–Kier alpha value is -2.45. The molecule has 2 aromatic rings. The number of nitriles is 1. The molecule has 0 aliphatic heterocycles. The van der Waals surface area contributed by atoms with Crippen LogP contribution < -0.4 is 5.73 Å². The fourth-order valence-electron chi connectivity index (χ4n) is 1.72. The molecular formula is C16H14N2O2S. The molecule has 0 spiro atoms. The van der Waals surface area contributed by atoms with E-state index in [9.17, 15) is 4.79 Å². The van der Waals surface area contributed by atoms with E-state index in [1.54, 1.807) is 37.3 Å². The van der Waals surface area contributed by atoms with Gasteiger partial charge in [-0.05, 0) is 49.4 Å². The fourth-order valence-corrected chi connectivity index (χ4v) is 2.63. The van der Waals surface area contributed by atoms with Gasteiger partial charge in [0.25, 0.3) is 0 Å². The molecule has 0 unspecified atom stereocenters. The van der Waals surface area contributed by atoms with Gasteiger partial charge in [-0.15, -0.1) is 0 Å². The second kappa shape index (κ2) is 6.82. The highest BCUT2D eigenvalue weighted by atomic mass is 32.2. The standard InChI is InChI=1S/C16H14N2O2S/c1-2-20-16(19)14-9-11(10-17)3-8-15(14)21-13-6-4-12(18)5-7-13/h3-9H,2,18H2,1H3. The van der Waals surface area contributed by atoms with Gasteiger partial charge >= 0.3 is 5.97 Å². The molecular weight excluding hydrogens is 284 g/mol. The number of hydrogen-bond donors (Lipinski definition) is 1. The molecule has 4 nitrogen and oxygen atoms in total. The molecule has 106 valence electrons. The fraction of sp³-hybridized carbons (Fsp3) is 0.125. The largest absolute Gasteiger partial charge is 0.462 e. The van der Waals surface area contributed by atoms with Gasteiger partial charge in [-0.3, -0.25) is 0 Å². The molecule has 2 aromatic carbocycles. The molecule has 0 radical (unpaired) electrons. The topological polar surface area (TPSA) is 76.1 Å². The van der Waals surface area contributed by atoms with Crippen molar-refractivity contribution >= 4 is 23.4 Å². The molecule has 0 saturated carbocycles. The summed E-state index contributed by atoms with van der Waals surface area (Å²) in [5, 5.41) is 8.96. The Morgan fingerprint density at radius 2 is 2.00 bits per heavy atom. The van der Waals surface area contributed by atoms with Crippen molar-refractivity contribution in [3.63, 3.8) is 0 Å². The lowest BCUT2D eigenvalue weighted by Crippen LogP contribution is -2.06. The van der Waals surface area contributed by atoms with Gasteiger partial charge < -0.3 is 10.5 Å². The van der Waals surface area contributed by atoms with Crippen LogP contribution in [0.3, 0.4) is 0 Å². The smallest absolute Gasteiger partial charge is 0.339 e. The van der Waals surface area contributed by atoms with Crippen LogP contribution in [0.2, 0.25) is 0 Å². The number of carbonyl (C=O) groups excluding carboxylic acids is 1. The summed E-state index contributed by atoms with van der Waals surface area (Å²) >= 11 is 1.43. The van der Waals surface area contributed by atoms with Crippen molar-refractivity contribution < 1.29 is 9.53 Å². The van der Waals surface area contributed by atoms with E-state index in [1.165, 1.54) is 11.8 Å². The average molecular weight is 298 g/mol. The summed E-state index contributed by atoms with van der Waals surface area (Å²) in [6.07, 6.45) is 0. The number of nitrogens with zero attached hydrogens (tertiary/aromatic N) is 1. The Morgan fingerprint density at radius 1 is 1.29 bits per heavy atom. The number of benzene rings is 2. The highest BCUT2D eigenvalue weighted by Crippen LogP contribution is 2.32. The molecule has 0 fully saturated rings. The van der Waals surface area contributed by atoms with Gasteiger partial charge in [0.05, 0.1) is 23.8 Å². The molecule has 5 heteroatoms. The zero-order valence-corrected chi connectivity index (χ0v) is 12.3. The maximum atomic E-state index is 12.0. The first kappa shape index (κ1) is 14.9. The second-order valence-electron chi connectivity index (χ2n) is 4.21. The SMILES string of the molecule is CCOC(=O)c1cc(C#N)ccc1Sc1ccc(N)cc1. The molecule has 0 saturated heterocycles. The van der Waals surface area contributed by atoms with Gasteiger partial charge in [0.15, 0.2) is 0 Å². The van der Waals surface area contributed by atoms with Crippen LogP contribution in [0.25, 0.3) is 0 Å². The first-order valence-electron chi connectivity index (χ1n) is 6.38. The van der Waals surface area contributed by atoms with Crippen LogP contribution in [0.5, 0.6) is 0 Å². The number of esters is 1. The average Bonchev–Trinajstić information content (AvgIpc) is 2.50. The number of nitrogen functional groups attached to an aromatic ring is 1. The van der Waals surface area contributed by atoms with Crippen molar-refractivity contribution in [3.05, 3.63) is 53.6 Å². The third-order valence-electron chi connectivity index (χ3n) is 2.71. The van der Waals surface area contributed by atoms with E-state index in [1.807, 2.05) is 18.2 Å². The van der Waals surface area contributed by atoms with E-state index in [4.69, 9.17) is 15.7 Å². The van der Waals surface area contributed by atoms with Gasteiger partial charge in [-0.2, -0.15) is 5.26 Å². The number of anilines is 1. The maximum Gasteiger partial charge on any atom is 0.339 e. The molecule has 0 aliphatic rings. The zero-order valence-electron chi connectivity index (χ0n) is 11.5. The summed E-state index contributed by atoms with van der Waals surface area (Å²) in [7, 11) is 0. The van der Waals surface area contributed by atoms with E-state index in [2.05, 4.69) is 0 Å². The summed E-state index contributed by atoms with van der Waals surface area (Å²) in [6.45, 7) is 2.04. The summed E-state index contributed by atoms with van der Waals surface area (Å²) in [5.41, 5.74) is 7.17. The van der Waals surface area contributed by atoms with Crippen molar-refractivity contribution in [2.45, 2.75) is 16.7 Å². The molecule has 21 heavy (non-hydrogen) atoms. The lowest BCUT2D eigenvalue weighted by molar-refractivity contribution is 0.0522. The first-order chi connectivity index (χ1) is 10.1. The van der Waals surface area contributed by atoms with Crippen molar-refractivity contribution in [1.82, 2.24) is 0 Å². The third-order valence-corrected chi connectivity index (χ3v) is 3.80. The minimum absolute atomic E-state index is 0.293. The molecule has 0 heterocycles. The Morgan fingerprint density at radius 3 is 2.62 bits per heavy atom. The van der Waals surface area contributed by atoms with Crippen LogP contribution in [0, 0.1) is 11.3 Å². The Balaban J connectivity index is 2.35. The lowest BCUT2D eigenvalue weighted by atomic mass is 10.1. The number of ether oxygens (including phenoxy) is 1. The quantitative estimate of drug-likeness (QED) is 0.691. The number of carbonyl (C=O) groups is 1. The summed E-state index contributed by atoms with van der Waals surface area (Å²) in [5.74, 6) is -0.424. The second-order valence-corrected chi connectivity index (χ2v) is 5.33. The molecule has 0 bridgehead atoms. The van der Waals surface area contributed by atoms with Gasteiger partial charge in [0.1, 0.15) is 0 Å². The van der Waals surface area contributed by atoms with Crippen molar-refractivity contribution in [3.8, 4) is 6.07 Å². The van der Waals surface area contributed by atoms with Crippen molar-refractivity contribution in [2.24, 2.45) is 0 Å². The lowest BCUT2D eigenvalue weighted by Gasteiger charge is -2.09. The van der Waals surface area contributed by atoms with E-state index >= 15 is 0 Å². The van der Waals surface area contributed by atoms with Gasteiger partial charge in [0.2, 0.25) is 0 Å². The third kappa shape index (κ3) is 3.77. The van der Waals surface area contributed by atoms with Crippen LogP contribution in [0.4, 0.5) is 5.69 Å². The number of hydrogen-bond acceptors (Lipinski definition) is 5. The van der Waals surface area contributed by atoms with E-state index in [-0.39, 0.29) is 0 Å². The van der Waals surface area contributed by atoms with Crippen LogP contribution in [0.1, 0.15) is 22.8 Å². The summed E-state index contributed by atoms with van der Waals surface area (Å²) in [6, 6.07) is 14.4. The van der Waals surface area contributed by atoms with Gasteiger partial charge in [-0.25, -0.2) is 4.79 Å². The maximum absolute atomic E-state index is 12.0. The molecule has 0 atom stereocenters. The van der Waals surface area contributed by atoms with E-state index in [0.717, 1.165) is 9.79 Å². The summed E-state index contributed by atoms with van der Waals surface area (Å²) in [4.78, 5) is 13.7. The first-order valence-corrected chi connectivity index (χ1v) is 7.20. The van der Waals surface area contributed by atoms with Gasteiger partial charge in [0, 0.05) is 15.5 Å². The molecule has 0 amide bonds. The molecule has 0 aromatic heterocycles. The van der Waals surface area contributed by atoms with Gasteiger partial charge in [-0.1, -0.05) is 11.8 Å².